The van der Waals surface area contributed by atoms with Gasteiger partial charge in [-0.25, -0.2) is 4.98 Å². The Labute approximate surface area is 143 Å². The first-order valence-corrected chi connectivity index (χ1v) is 9.07. The van der Waals surface area contributed by atoms with Gasteiger partial charge in [0.15, 0.2) is 0 Å². The van der Waals surface area contributed by atoms with Crippen LogP contribution in [0.4, 0.5) is 0 Å². The first-order valence-electron chi connectivity index (χ1n) is 9.07. The molecule has 128 valence electrons. The number of hydrogen-bond acceptors (Lipinski definition) is 4. The molecule has 1 N–H and O–H groups in total. The molecule has 0 spiro atoms. The summed E-state index contributed by atoms with van der Waals surface area (Å²) in [5.41, 5.74) is 1.83. The first kappa shape index (κ1) is 15.9. The van der Waals surface area contributed by atoms with Crippen LogP contribution in [0.2, 0.25) is 0 Å². The first-order chi connectivity index (χ1) is 11.7. The lowest BCUT2D eigenvalue weighted by Crippen LogP contribution is -2.55. The van der Waals surface area contributed by atoms with E-state index in [1.54, 1.807) is 7.11 Å². The molecule has 4 nitrogen and oxygen atoms in total. The van der Waals surface area contributed by atoms with Crippen molar-refractivity contribution in [3.8, 4) is 5.88 Å². The predicted octanol–water partition coefficient (Wildman–Crippen LogP) is 3.40. The largest absolute Gasteiger partial charge is 0.481 e. The normalized spacial score (nSPS) is 30.5. The van der Waals surface area contributed by atoms with Gasteiger partial charge in [-0.05, 0) is 42.9 Å². The van der Waals surface area contributed by atoms with E-state index in [-0.39, 0.29) is 6.04 Å². The minimum Gasteiger partial charge on any atom is -0.481 e. The van der Waals surface area contributed by atoms with Crippen molar-refractivity contribution in [2.24, 2.45) is 11.8 Å². The molecule has 2 unspecified atom stereocenters. The third-order valence-corrected chi connectivity index (χ3v) is 6.08. The third kappa shape index (κ3) is 2.58. The summed E-state index contributed by atoms with van der Waals surface area (Å²) in [6, 6.07) is 10.1. The Bertz CT molecular complexity index is 733. The lowest BCUT2D eigenvalue weighted by molar-refractivity contribution is -0.0562. The average Bonchev–Trinajstić information content (AvgIpc) is 2.66. The summed E-state index contributed by atoms with van der Waals surface area (Å²) in [5, 5.41) is 12.2. The van der Waals surface area contributed by atoms with Crippen LogP contribution in [0.3, 0.4) is 0 Å². The number of benzene rings is 1. The van der Waals surface area contributed by atoms with Crippen LogP contribution in [0.5, 0.6) is 5.88 Å². The Morgan fingerprint density at radius 2 is 2.21 bits per heavy atom. The predicted molar refractivity (Wildman–Crippen MR) is 95.1 cm³/mol. The van der Waals surface area contributed by atoms with Crippen molar-refractivity contribution in [1.29, 1.82) is 0 Å². The van der Waals surface area contributed by atoms with E-state index >= 15 is 0 Å². The Hall–Kier alpha value is -1.65. The molecule has 1 aromatic carbocycles. The average molecular weight is 326 g/mol. The van der Waals surface area contributed by atoms with Gasteiger partial charge in [0.05, 0.1) is 18.7 Å². The van der Waals surface area contributed by atoms with Crippen LogP contribution in [0.15, 0.2) is 30.3 Å². The molecule has 3 saturated heterocycles. The van der Waals surface area contributed by atoms with Gasteiger partial charge >= 0.3 is 0 Å². The maximum Gasteiger partial charge on any atom is 0.213 e. The van der Waals surface area contributed by atoms with Crippen LogP contribution in [0, 0.1) is 11.8 Å². The van der Waals surface area contributed by atoms with Crippen LogP contribution >= 0.6 is 0 Å². The standard InChI is InChI=1S/C20H26N2O2/c1-3-13-12-22-9-8-14(13)10-18(22)20(23)16-11-19(24-2)21-17-7-5-4-6-15(16)17/h4-7,11,13-14,18,20,23H,3,8-10,12H2,1-2H3/t13-,14-,18-,20?/m0/s1. The zero-order chi connectivity index (χ0) is 16.7. The molecule has 3 aliphatic rings. The minimum absolute atomic E-state index is 0.210. The summed E-state index contributed by atoms with van der Waals surface area (Å²) < 4.78 is 5.36. The molecule has 0 aliphatic carbocycles. The van der Waals surface area contributed by atoms with Crippen molar-refractivity contribution in [2.45, 2.75) is 38.3 Å². The van der Waals surface area contributed by atoms with Gasteiger partial charge in [0.1, 0.15) is 0 Å². The molecule has 2 bridgehead atoms. The fraction of sp³-hybridized carbons (Fsp3) is 0.550. The van der Waals surface area contributed by atoms with Gasteiger partial charge in [-0.15, -0.1) is 0 Å². The van der Waals surface area contributed by atoms with E-state index in [0.717, 1.165) is 47.8 Å². The summed E-state index contributed by atoms with van der Waals surface area (Å²) in [6.45, 7) is 4.53. The summed E-state index contributed by atoms with van der Waals surface area (Å²) in [4.78, 5) is 7.01. The van der Waals surface area contributed by atoms with Gasteiger partial charge in [0.2, 0.25) is 5.88 Å². The number of rotatable bonds is 4. The molecular formula is C20H26N2O2. The fourth-order valence-corrected chi connectivity index (χ4v) is 4.70. The topological polar surface area (TPSA) is 45.6 Å². The van der Waals surface area contributed by atoms with Gasteiger partial charge in [-0.2, -0.15) is 0 Å². The Balaban J connectivity index is 1.70. The molecule has 1 aromatic heterocycles. The second-order valence-corrected chi connectivity index (χ2v) is 7.23. The number of para-hydroxylation sites is 1. The number of piperidine rings is 3. The summed E-state index contributed by atoms with van der Waals surface area (Å²) in [6.07, 6.45) is 3.13. The van der Waals surface area contributed by atoms with E-state index in [1.165, 1.54) is 12.8 Å². The molecule has 0 saturated carbocycles. The number of ether oxygens (including phenoxy) is 1. The SMILES string of the molecule is CC[C@H]1CN2CC[C@H]1C[C@H]2C(O)c1cc(OC)nc2ccccc12. The number of methoxy groups -OCH3 is 1. The maximum atomic E-state index is 11.2. The molecular weight excluding hydrogens is 300 g/mol. The minimum atomic E-state index is -0.493. The second kappa shape index (κ2) is 6.34. The lowest BCUT2D eigenvalue weighted by atomic mass is 9.72. The molecule has 3 aliphatic heterocycles. The summed E-state index contributed by atoms with van der Waals surface area (Å²) in [5.74, 6) is 2.13. The molecule has 3 fully saturated rings. The van der Waals surface area contributed by atoms with Crippen molar-refractivity contribution in [2.75, 3.05) is 20.2 Å². The Morgan fingerprint density at radius 3 is 2.92 bits per heavy atom. The van der Waals surface area contributed by atoms with Crippen LogP contribution < -0.4 is 4.74 Å². The van der Waals surface area contributed by atoms with E-state index in [2.05, 4.69) is 16.8 Å². The van der Waals surface area contributed by atoms with Crippen molar-refractivity contribution in [1.82, 2.24) is 9.88 Å². The van der Waals surface area contributed by atoms with Crippen LogP contribution in [0.25, 0.3) is 10.9 Å². The highest BCUT2D eigenvalue weighted by Gasteiger charge is 2.42. The van der Waals surface area contributed by atoms with Gasteiger partial charge < -0.3 is 9.84 Å². The van der Waals surface area contributed by atoms with Crippen LogP contribution in [-0.4, -0.2) is 41.2 Å². The number of aliphatic hydroxyl groups excluding tert-OH is 1. The number of nitrogens with zero attached hydrogens (tertiary/aromatic N) is 2. The maximum absolute atomic E-state index is 11.2. The number of aliphatic hydroxyl groups is 1. The Morgan fingerprint density at radius 1 is 1.38 bits per heavy atom. The molecule has 5 rings (SSSR count). The molecule has 2 aromatic rings. The van der Waals surface area contributed by atoms with Gasteiger partial charge in [-0.1, -0.05) is 31.5 Å². The second-order valence-electron chi connectivity index (χ2n) is 7.23. The third-order valence-electron chi connectivity index (χ3n) is 6.08. The number of aromatic nitrogens is 1. The number of fused-ring (bicyclic) bond motifs is 4. The highest BCUT2D eigenvalue weighted by molar-refractivity contribution is 5.83. The molecule has 0 radical (unpaired) electrons. The van der Waals surface area contributed by atoms with E-state index in [0.29, 0.717) is 5.88 Å². The number of pyridine rings is 1. The summed E-state index contributed by atoms with van der Waals surface area (Å²) >= 11 is 0. The monoisotopic (exact) mass is 326 g/mol. The lowest BCUT2D eigenvalue weighted by Gasteiger charge is -2.51. The highest BCUT2D eigenvalue weighted by atomic mass is 16.5. The van der Waals surface area contributed by atoms with Crippen molar-refractivity contribution < 1.29 is 9.84 Å². The zero-order valence-corrected chi connectivity index (χ0v) is 14.5. The highest BCUT2D eigenvalue weighted by Crippen LogP contribution is 2.43. The van der Waals surface area contributed by atoms with Gasteiger partial charge in [0.25, 0.3) is 0 Å². The fourth-order valence-electron chi connectivity index (χ4n) is 4.70. The quantitative estimate of drug-likeness (QED) is 0.935. The summed E-state index contributed by atoms with van der Waals surface area (Å²) in [7, 11) is 1.63. The van der Waals surface area contributed by atoms with E-state index in [9.17, 15) is 5.11 Å². The number of hydrogen-bond donors (Lipinski definition) is 1. The van der Waals surface area contributed by atoms with Gasteiger partial charge in [0, 0.05) is 24.0 Å². The van der Waals surface area contributed by atoms with E-state index in [4.69, 9.17) is 4.74 Å². The van der Waals surface area contributed by atoms with Crippen molar-refractivity contribution >= 4 is 10.9 Å². The van der Waals surface area contributed by atoms with Gasteiger partial charge in [-0.3, -0.25) is 4.90 Å². The molecule has 24 heavy (non-hydrogen) atoms. The van der Waals surface area contributed by atoms with Crippen molar-refractivity contribution in [3.63, 3.8) is 0 Å². The van der Waals surface area contributed by atoms with E-state index < -0.39 is 6.10 Å². The van der Waals surface area contributed by atoms with E-state index in [1.807, 2.05) is 30.3 Å². The zero-order valence-electron chi connectivity index (χ0n) is 14.5. The molecule has 4 heteroatoms. The van der Waals surface area contributed by atoms with Crippen LogP contribution in [-0.2, 0) is 0 Å². The Kier molecular flexibility index (Phi) is 4.19. The smallest absolute Gasteiger partial charge is 0.213 e. The molecule has 5 atom stereocenters. The molecule has 4 heterocycles. The molecule has 0 amide bonds. The van der Waals surface area contributed by atoms with Crippen molar-refractivity contribution in [3.05, 3.63) is 35.9 Å². The van der Waals surface area contributed by atoms with Crippen LogP contribution in [0.1, 0.15) is 37.9 Å².